The molecule has 3 rings (SSSR count). The van der Waals surface area contributed by atoms with Gasteiger partial charge in [0.1, 0.15) is 5.75 Å². The molecule has 2 heterocycles. The molecule has 2 saturated heterocycles. The zero-order valence-electron chi connectivity index (χ0n) is 14.0. The van der Waals surface area contributed by atoms with Crippen LogP contribution in [0.15, 0.2) is 24.3 Å². The third-order valence-electron chi connectivity index (χ3n) is 4.89. The van der Waals surface area contributed by atoms with Crippen LogP contribution in [0.2, 0.25) is 0 Å². The molecule has 2 fully saturated rings. The second kappa shape index (κ2) is 7.79. The number of piperazine rings is 1. The standard InChI is InChI=1S/C18H27N3O2/c1-23-17-7-3-2-5-15(17)14-20-9-11-21(12-10-20)18(22)13-16-6-4-8-19-16/h2-3,5,7,16,19H,4,6,8-14H2,1H3. The van der Waals surface area contributed by atoms with E-state index in [2.05, 4.69) is 16.3 Å². The lowest BCUT2D eigenvalue weighted by molar-refractivity contribution is -0.133. The second-order valence-corrected chi connectivity index (χ2v) is 6.47. The van der Waals surface area contributed by atoms with E-state index in [-0.39, 0.29) is 0 Å². The average Bonchev–Trinajstić information content (AvgIpc) is 3.09. The summed E-state index contributed by atoms with van der Waals surface area (Å²) in [6.45, 7) is 5.48. The van der Waals surface area contributed by atoms with Crippen LogP contribution in [0.25, 0.3) is 0 Å². The van der Waals surface area contributed by atoms with Gasteiger partial charge < -0.3 is 15.0 Å². The monoisotopic (exact) mass is 317 g/mol. The van der Waals surface area contributed by atoms with E-state index in [1.165, 1.54) is 12.0 Å². The van der Waals surface area contributed by atoms with Crippen LogP contribution < -0.4 is 10.1 Å². The van der Waals surface area contributed by atoms with Gasteiger partial charge in [0.15, 0.2) is 0 Å². The second-order valence-electron chi connectivity index (χ2n) is 6.47. The van der Waals surface area contributed by atoms with Crippen molar-refractivity contribution in [1.29, 1.82) is 0 Å². The summed E-state index contributed by atoms with van der Waals surface area (Å²) in [6, 6.07) is 8.56. The molecule has 0 spiro atoms. The first kappa shape index (κ1) is 16.3. The number of nitrogens with zero attached hydrogens (tertiary/aromatic N) is 2. The minimum absolute atomic E-state index is 0.307. The Hall–Kier alpha value is -1.59. The molecule has 1 amide bonds. The topological polar surface area (TPSA) is 44.8 Å². The maximum atomic E-state index is 12.4. The maximum absolute atomic E-state index is 12.4. The van der Waals surface area contributed by atoms with Crippen LogP contribution in [0.4, 0.5) is 0 Å². The van der Waals surface area contributed by atoms with Crippen molar-refractivity contribution in [2.24, 2.45) is 0 Å². The van der Waals surface area contributed by atoms with Crippen LogP contribution in [-0.4, -0.2) is 61.6 Å². The Morgan fingerprint density at radius 1 is 1.26 bits per heavy atom. The number of hydrogen-bond donors (Lipinski definition) is 1. The fraction of sp³-hybridized carbons (Fsp3) is 0.611. The maximum Gasteiger partial charge on any atom is 0.224 e. The number of benzene rings is 1. The zero-order chi connectivity index (χ0) is 16.1. The fourth-order valence-corrected chi connectivity index (χ4v) is 3.50. The third-order valence-corrected chi connectivity index (χ3v) is 4.89. The predicted octanol–water partition coefficient (Wildman–Crippen LogP) is 1.48. The Labute approximate surface area is 138 Å². The SMILES string of the molecule is COc1ccccc1CN1CCN(C(=O)CC2CCCN2)CC1. The first-order chi connectivity index (χ1) is 11.3. The molecule has 1 unspecified atom stereocenters. The highest BCUT2D eigenvalue weighted by Crippen LogP contribution is 2.20. The molecule has 126 valence electrons. The van der Waals surface area contributed by atoms with E-state index in [0.29, 0.717) is 18.4 Å². The molecule has 1 N–H and O–H groups in total. The predicted molar refractivity (Wildman–Crippen MR) is 90.5 cm³/mol. The highest BCUT2D eigenvalue weighted by Gasteiger charge is 2.25. The van der Waals surface area contributed by atoms with E-state index >= 15 is 0 Å². The number of para-hydroxylation sites is 1. The summed E-state index contributed by atoms with van der Waals surface area (Å²) in [5, 5.41) is 3.41. The van der Waals surface area contributed by atoms with Crippen molar-refractivity contribution in [3.8, 4) is 5.75 Å². The van der Waals surface area contributed by atoms with Gasteiger partial charge in [0.2, 0.25) is 5.91 Å². The Kier molecular flexibility index (Phi) is 5.51. The van der Waals surface area contributed by atoms with Gasteiger partial charge in [-0.05, 0) is 25.5 Å². The van der Waals surface area contributed by atoms with E-state index in [4.69, 9.17) is 4.74 Å². The summed E-state index contributed by atoms with van der Waals surface area (Å²) in [4.78, 5) is 16.8. The molecule has 0 radical (unpaired) electrons. The van der Waals surface area contributed by atoms with Crippen molar-refractivity contribution in [2.75, 3.05) is 39.8 Å². The van der Waals surface area contributed by atoms with Gasteiger partial charge in [0, 0.05) is 50.7 Å². The van der Waals surface area contributed by atoms with E-state index in [1.54, 1.807) is 7.11 Å². The minimum atomic E-state index is 0.307. The van der Waals surface area contributed by atoms with Crippen LogP contribution in [0, 0.1) is 0 Å². The smallest absolute Gasteiger partial charge is 0.224 e. The Balaban J connectivity index is 1.47. The van der Waals surface area contributed by atoms with E-state index < -0.39 is 0 Å². The lowest BCUT2D eigenvalue weighted by Gasteiger charge is -2.35. The van der Waals surface area contributed by atoms with Gasteiger partial charge >= 0.3 is 0 Å². The summed E-state index contributed by atoms with van der Waals surface area (Å²) >= 11 is 0. The van der Waals surface area contributed by atoms with Crippen LogP contribution in [-0.2, 0) is 11.3 Å². The average molecular weight is 317 g/mol. The summed E-state index contributed by atoms with van der Waals surface area (Å²) in [6.07, 6.45) is 3.00. The summed E-state index contributed by atoms with van der Waals surface area (Å²) in [5.74, 6) is 1.25. The molecule has 1 aromatic carbocycles. The van der Waals surface area contributed by atoms with Gasteiger partial charge in [-0.3, -0.25) is 9.69 Å². The first-order valence-corrected chi connectivity index (χ1v) is 8.61. The van der Waals surface area contributed by atoms with Crippen molar-refractivity contribution >= 4 is 5.91 Å². The molecule has 1 atom stereocenters. The molecule has 5 nitrogen and oxygen atoms in total. The number of rotatable bonds is 5. The lowest BCUT2D eigenvalue weighted by Crippen LogP contribution is -2.49. The highest BCUT2D eigenvalue weighted by molar-refractivity contribution is 5.77. The molecule has 0 saturated carbocycles. The van der Waals surface area contributed by atoms with Crippen molar-refractivity contribution in [1.82, 2.24) is 15.1 Å². The number of hydrogen-bond acceptors (Lipinski definition) is 4. The lowest BCUT2D eigenvalue weighted by atomic mass is 10.1. The third kappa shape index (κ3) is 4.24. The number of carbonyl (C=O) groups excluding carboxylic acids is 1. The van der Waals surface area contributed by atoms with Gasteiger partial charge in [-0.1, -0.05) is 18.2 Å². The van der Waals surface area contributed by atoms with Gasteiger partial charge in [-0.15, -0.1) is 0 Å². The molecule has 1 aromatic rings. The minimum Gasteiger partial charge on any atom is -0.496 e. The number of carbonyl (C=O) groups is 1. The molecule has 0 aromatic heterocycles. The largest absolute Gasteiger partial charge is 0.496 e. The van der Waals surface area contributed by atoms with Crippen LogP contribution in [0.5, 0.6) is 5.75 Å². The fourth-order valence-electron chi connectivity index (χ4n) is 3.50. The van der Waals surface area contributed by atoms with E-state index in [9.17, 15) is 4.79 Å². The van der Waals surface area contributed by atoms with Crippen LogP contribution in [0.1, 0.15) is 24.8 Å². The normalized spacial score (nSPS) is 22.3. The Morgan fingerprint density at radius 2 is 2.04 bits per heavy atom. The van der Waals surface area contributed by atoms with Crippen molar-refractivity contribution in [3.05, 3.63) is 29.8 Å². The molecule has 5 heteroatoms. The summed E-state index contributed by atoms with van der Waals surface area (Å²) < 4.78 is 5.42. The zero-order valence-corrected chi connectivity index (χ0v) is 14.0. The van der Waals surface area contributed by atoms with Gasteiger partial charge in [-0.2, -0.15) is 0 Å². The molecular formula is C18H27N3O2. The molecule has 0 aliphatic carbocycles. The van der Waals surface area contributed by atoms with Gasteiger partial charge in [0.25, 0.3) is 0 Å². The van der Waals surface area contributed by atoms with Crippen LogP contribution in [0.3, 0.4) is 0 Å². The quantitative estimate of drug-likeness (QED) is 0.893. The molecule has 2 aliphatic rings. The van der Waals surface area contributed by atoms with E-state index in [0.717, 1.165) is 51.4 Å². The number of ether oxygens (including phenoxy) is 1. The van der Waals surface area contributed by atoms with Crippen molar-refractivity contribution in [2.45, 2.75) is 31.8 Å². The van der Waals surface area contributed by atoms with Crippen LogP contribution >= 0.6 is 0 Å². The number of methoxy groups -OCH3 is 1. The summed E-state index contributed by atoms with van der Waals surface area (Å²) in [5.41, 5.74) is 1.21. The molecule has 2 aliphatic heterocycles. The van der Waals surface area contributed by atoms with Crippen molar-refractivity contribution in [3.63, 3.8) is 0 Å². The Bertz CT molecular complexity index is 521. The number of amides is 1. The molecular weight excluding hydrogens is 290 g/mol. The van der Waals surface area contributed by atoms with E-state index in [1.807, 2.05) is 23.1 Å². The number of nitrogens with one attached hydrogen (secondary N) is 1. The summed E-state index contributed by atoms with van der Waals surface area (Å²) in [7, 11) is 1.71. The molecule has 0 bridgehead atoms. The first-order valence-electron chi connectivity index (χ1n) is 8.61. The van der Waals surface area contributed by atoms with Gasteiger partial charge in [0.05, 0.1) is 7.11 Å². The highest BCUT2D eigenvalue weighted by atomic mass is 16.5. The Morgan fingerprint density at radius 3 is 2.74 bits per heavy atom. The molecule has 23 heavy (non-hydrogen) atoms. The van der Waals surface area contributed by atoms with Gasteiger partial charge in [-0.25, -0.2) is 0 Å². The van der Waals surface area contributed by atoms with Crippen molar-refractivity contribution < 1.29 is 9.53 Å².